The number of nitrogens with two attached hydrogens (primary N) is 1. The molecule has 1 aliphatic heterocycles. The van der Waals surface area contributed by atoms with Gasteiger partial charge in [0.1, 0.15) is 5.00 Å². The van der Waals surface area contributed by atoms with Crippen LogP contribution in [0.15, 0.2) is 0 Å². The molecule has 0 radical (unpaired) electrons. The van der Waals surface area contributed by atoms with Crippen molar-refractivity contribution in [3.63, 3.8) is 0 Å². The van der Waals surface area contributed by atoms with Gasteiger partial charge in [-0.25, -0.2) is 0 Å². The van der Waals surface area contributed by atoms with Gasteiger partial charge in [-0.15, -0.1) is 11.3 Å². The molecule has 5 nitrogen and oxygen atoms in total. The van der Waals surface area contributed by atoms with E-state index in [2.05, 4.69) is 5.32 Å². The third-order valence-electron chi connectivity index (χ3n) is 3.72. The number of amides is 2. The van der Waals surface area contributed by atoms with Gasteiger partial charge in [0.25, 0.3) is 5.91 Å². The number of ether oxygens (including phenoxy) is 1. The van der Waals surface area contributed by atoms with E-state index in [-0.39, 0.29) is 17.4 Å². The number of thiophene rings is 1. The number of hydrogen-bond acceptors (Lipinski definition) is 4. The van der Waals surface area contributed by atoms with Crippen LogP contribution in [0.25, 0.3) is 0 Å². The number of carbonyl (C=O) groups is 2. The van der Waals surface area contributed by atoms with Crippen molar-refractivity contribution in [1.82, 2.24) is 0 Å². The Balaban J connectivity index is 1.96. The molecule has 1 fully saturated rings. The molecule has 1 aromatic rings. The van der Waals surface area contributed by atoms with Crippen molar-refractivity contribution in [1.29, 1.82) is 0 Å². The summed E-state index contributed by atoms with van der Waals surface area (Å²) in [5.74, 6) is -0.389. The summed E-state index contributed by atoms with van der Waals surface area (Å²) in [6.07, 6.45) is 2.49. The zero-order chi connectivity index (χ0) is 14.5. The highest BCUT2D eigenvalue weighted by Crippen LogP contribution is 2.41. The van der Waals surface area contributed by atoms with Crippen LogP contribution in [0, 0.1) is 5.92 Å². The largest absolute Gasteiger partial charge is 0.370 e. The maximum Gasteiger partial charge on any atom is 0.251 e. The van der Waals surface area contributed by atoms with Crippen LogP contribution in [0.2, 0.25) is 0 Å². The molecule has 3 rings (SSSR count). The van der Waals surface area contributed by atoms with E-state index < -0.39 is 5.91 Å². The first-order chi connectivity index (χ1) is 9.37. The lowest BCUT2D eigenvalue weighted by Crippen LogP contribution is -2.32. The van der Waals surface area contributed by atoms with Crippen LogP contribution in [0.1, 0.15) is 47.5 Å². The minimum atomic E-state index is -0.480. The molecule has 0 spiro atoms. The highest BCUT2D eigenvalue weighted by atomic mass is 32.1. The second-order valence-corrected chi connectivity index (χ2v) is 7.17. The second-order valence-electron chi connectivity index (χ2n) is 6.06. The third-order valence-corrected chi connectivity index (χ3v) is 4.84. The topological polar surface area (TPSA) is 81.4 Å². The van der Waals surface area contributed by atoms with Crippen molar-refractivity contribution in [3.05, 3.63) is 16.0 Å². The summed E-state index contributed by atoms with van der Waals surface area (Å²) in [6.45, 7) is 4.44. The van der Waals surface area contributed by atoms with Crippen LogP contribution in [-0.2, 0) is 22.6 Å². The monoisotopic (exact) mass is 294 g/mol. The van der Waals surface area contributed by atoms with E-state index >= 15 is 0 Å². The molecule has 0 unspecified atom stereocenters. The second kappa shape index (κ2) is 4.56. The maximum atomic E-state index is 11.9. The number of anilines is 1. The quantitative estimate of drug-likeness (QED) is 0.895. The first-order valence-corrected chi connectivity index (χ1v) is 7.58. The molecule has 0 aromatic carbocycles. The molecule has 0 bridgehead atoms. The molecule has 3 N–H and O–H groups in total. The minimum absolute atomic E-state index is 0.00808. The van der Waals surface area contributed by atoms with E-state index in [1.807, 2.05) is 13.8 Å². The Kier molecular flexibility index (Phi) is 3.10. The average Bonchev–Trinajstić information content (AvgIpc) is 3.11. The highest BCUT2D eigenvalue weighted by Gasteiger charge is 2.35. The van der Waals surface area contributed by atoms with E-state index in [4.69, 9.17) is 10.5 Å². The Morgan fingerprint density at radius 2 is 2.10 bits per heavy atom. The summed E-state index contributed by atoms with van der Waals surface area (Å²) >= 11 is 1.41. The Morgan fingerprint density at radius 3 is 2.70 bits per heavy atom. The fourth-order valence-electron chi connectivity index (χ4n) is 2.46. The predicted molar refractivity (Wildman–Crippen MR) is 76.8 cm³/mol. The first-order valence-electron chi connectivity index (χ1n) is 6.76. The van der Waals surface area contributed by atoms with Gasteiger partial charge in [-0.05, 0) is 32.3 Å². The van der Waals surface area contributed by atoms with Gasteiger partial charge in [0.05, 0.1) is 17.8 Å². The van der Waals surface area contributed by atoms with Crippen LogP contribution in [0.5, 0.6) is 0 Å². The average molecular weight is 294 g/mol. The van der Waals surface area contributed by atoms with Crippen molar-refractivity contribution in [2.75, 3.05) is 5.32 Å². The van der Waals surface area contributed by atoms with Crippen LogP contribution in [0.4, 0.5) is 5.00 Å². The van der Waals surface area contributed by atoms with Crippen molar-refractivity contribution in [2.24, 2.45) is 11.7 Å². The zero-order valence-corrected chi connectivity index (χ0v) is 12.4. The number of carbonyl (C=O) groups excluding carboxylic acids is 2. The van der Waals surface area contributed by atoms with Crippen LogP contribution in [0.3, 0.4) is 0 Å². The summed E-state index contributed by atoms with van der Waals surface area (Å²) in [7, 11) is 0. The molecule has 2 amide bonds. The van der Waals surface area contributed by atoms with Crippen LogP contribution < -0.4 is 11.1 Å². The number of primary amides is 1. The molecule has 1 saturated carbocycles. The number of rotatable bonds is 3. The molecule has 1 aliphatic carbocycles. The zero-order valence-electron chi connectivity index (χ0n) is 11.6. The Hall–Kier alpha value is -1.40. The maximum absolute atomic E-state index is 11.9. The van der Waals surface area contributed by atoms with Gasteiger partial charge in [-0.3, -0.25) is 9.59 Å². The van der Waals surface area contributed by atoms with Gasteiger partial charge < -0.3 is 15.8 Å². The molecule has 108 valence electrons. The van der Waals surface area contributed by atoms with E-state index in [1.54, 1.807) is 0 Å². The van der Waals surface area contributed by atoms with Crippen LogP contribution >= 0.6 is 11.3 Å². The van der Waals surface area contributed by atoms with Gasteiger partial charge in [0.15, 0.2) is 0 Å². The van der Waals surface area contributed by atoms with Gasteiger partial charge in [-0.1, -0.05) is 0 Å². The fourth-order valence-corrected chi connectivity index (χ4v) is 3.60. The summed E-state index contributed by atoms with van der Waals surface area (Å²) in [5, 5.41) is 3.45. The molecule has 2 aliphatic rings. The van der Waals surface area contributed by atoms with Crippen molar-refractivity contribution in [2.45, 2.75) is 45.3 Å². The summed E-state index contributed by atoms with van der Waals surface area (Å²) in [6, 6.07) is 0. The SMILES string of the molecule is CC1(C)Cc2c(sc(NC(=O)C3CC3)c2C(N)=O)CO1. The molecular weight excluding hydrogens is 276 g/mol. The molecule has 6 heteroatoms. The van der Waals surface area contributed by atoms with Gasteiger partial charge in [-0.2, -0.15) is 0 Å². The minimum Gasteiger partial charge on any atom is -0.370 e. The number of fused-ring (bicyclic) bond motifs is 1. The predicted octanol–water partition coefficient (Wildman–Crippen LogP) is 2.05. The molecular formula is C14H18N2O3S. The fraction of sp³-hybridized carbons (Fsp3) is 0.571. The van der Waals surface area contributed by atoms with E-state index in [1.165, 1.54) is 11.3 Å². The third kappa shape index (κ3) is 2.45. The van der Waals surface area contributed by atoms with E-state index in [0.717, 1.165) is 23.3 Å². The van der Waals surface area contributed by atoms with Gasteiger partial charge >= 0.3 is 0 Å². The Labute approximate surface area is 121 Å². The summed E-state index contributed by atoms with van der Waals surface area (Å²) < 4.78 is 5.75. The van der Waals surface area contributed by atoms with Crippen LogP contribution in [-0.4, -0.2) is 17.4 Å². The standard InChI is InChI=1S/C14H18N2O3S/c1-14(2)5-8-9(6-19-14)20-13(10(8)11(15)17)16-12(18)7-3-4-7/h7H,3-6H2,1-2H3,(H2,15,17)(H,16,18). The van der Waals surface area contributed by atoms with Crippen molar-refractivity contribution < 1.29 is 14.3 Å². The lowest BCUT2D eigenvalue weighted by Gasteiger charge is -2.30. The Bertz CT molecular complexity index is 587. The van der Waals surface area contributed by atoms with Crippen molar-refractivity contribution in [3.8, 4) is 0 Å². The normalized spacial score (nSPS) is 20.3. The molecule has 1 aromatic heterocycles. The molecule has 2 heterocycles. The molecule has 0 atom stereocenters. The highest BCUT2D eigenvalue weighted by molar-refractivity contribution is 7.17. The lowest BCUT2D eigenvalue weighted by atomic mass is 9.93. The molecule has 20 heavy (non-hydrogen) atoms. The summed E-state index contributed by atoms with van der Waals surface area (Å²) in [4.78, 5) is 24.7. The van der Waals surface area contributed by atoms with Crippen molar-refractivity contribution >= 4 is 28.2 Å². The number of nitrogens with one attached hydrogen (secondary N) is 1. The smallest absolute Gasteiger partial charge is 0.251 e. The van der Waals surface area contributed by atoms with E-state index in [0.29, 0.717) is 23.6 Å². The Morgan fingerprint density at radius 1 is 1.40 bits per heavy atom. The number of hydrogen-bond donors (Lipinski definition) is 2. The summed E-state index contributed by atoms with van der Waals surface area (Å²) in [5.41, 5.74) is 6.61. The van der Waals surface area contributed by atoms with Gasteiger partial charge in [0, 0.05) is 17.2 Å². The first kappa shape index (κ1) is 13.6. The lowest BCUT2D eigenvalue weighted by molar-refractivity contribution is -0.117. The van der Waals surface area contributed by atoms with Gasteiger partial charge in [0.2, 0.25) is 5.91 Å². The van der Waals surface area contributed by atoms with E-state index in [9.17, 15) is 9.59 Å². The molecule has 0 saturated heterocycles.